The highest BCUT2D eigenvalue weighted by Gasteiger charge is 2.16. The largest absolute Gasteiger partial charge is 0.497 e. The zero-order valence-electron chi connectivity index (χ0n) is 14.7. The predicted octanol–water partition coefficient (Wildman–Crippen LogP) is 4.67. The van der Waals surface area contributed by atoms with Crippen molar-refractivity contribution in [2.24, 2.45) is 0 Å². The highest BCUT2D eigenvalue weighted by Crippen LogP contribution is 2.29. The molecule has 0 saturated carbocycles. The SMILES string of the molecule is COc1ccc(-c2nc3ccc([N+](=O)[O-])cc3n2Cc2ccccc2)cc1. The average molecular weight is 359 g/mol. The van der Waals surface area contributed by atoms with Gasteiger partial charge in [0.25, 0.3) is 5.69 Å². The van der Waals surface area contributed by atoms with Gasteiger partial charge >= 0.3 is 0 Å². The van der Waals surface area contributed by atoms with Crippen LogP contribution in [0.1, 0.15) is 5.56 Å². The van der Waals surface area contributed by atoms with Gasteiger partial charge in [-0.15, -0.1) is 0 Å². The third-order valence-electron chi connectivity index (χ3n) is 4.47. The molecule has 3 aromatic carbocycles. The minimum Gasteiger partial charge on any atom is -0.497 e. The molecule has 0 aliphatic carbocycles. The van der Waals surface area contributed by atoms with Crippen molar-refractivity contribution in [1.82, 2.24) is 9.55 Å². The van der Waals surface area contributed by atoms with E-state index >= 15 is 0 Å². The van der Waals surface area contributed by atoms with Crippen LogP contribution in [0.4, 0.5) is 5.69 Å². The lowest BCUT2D eigenvalue weighted by Gasteiger charge is -2.10. The van der Waals surface area contributed by atoms with Gasteiger partial charge in [-0.2, -0.15) is 0 Å². The first-order chi connectivity index (χ1) is 13.2. The number of nitro groups is 1. The van der Waals surface area contributed by atoms with E-state index in [4.69, 9.17) is 9.72 Å². The normalized spacial score (nSPS) is 10.9. The lowest BCUT2D eigenvalue weighted by molar-refractivity contribution is -0.384. The number of benzene rings is 3. The van der Waals surface area contributed by atoms with E-state index in [2.05, 4.69) is 0 Å². The molecule has 1 heterocycles. The van der Waals surface area contributed by atoms with Crippen molar-refractivity contribution < 1.29 is 9.66 Å². The quantitative estimate of drug-likeness (QED) is 0.383. The number of ether oxygens (including phenoxy) is 1. The highest BCUT2D eigenvalue weighted by molar-refractivity contribution is 5.83. The Balaban J connectivity index is 1.90. The van der Waals surface area contributed by atoms with Gasteiger partial charge in [-0.25, -0.2) is 4.98 Å². The van der Waals surface area contributed by atoms with Crippen molar-refractivity contribution in [2.75, 3.05) is 7.11 Å². The van der Waals surface area contributed by atoms with Crippen LogP contribution in [0.5, 0.6) is 5.75 Å². The van der Waals surface area contributed by atoms with Crippen molar-refractivity contribution in [3.8, 4) is 17.1 Å². The molecule has 4 aromatic rings. The first-order valence-electron chi connectivity index (χ1n) is 8.49. The van der Waals surface area contributed by atoms with Crippen LogP contribution < -0.4 is 4.74 Å². The van der Waals surface area contributed by atoms with E-state index < -0.39 is 0 Å². The molecular formula is C21H17N3O3. The maximum absolute atomic E-state index is 11.2. The first kappa shape index (κ1) is 16.8. The summed E-state index contributed by atoms with van der Waals surface area (Å²) in [5.41, 5.74) is 3.53. The smallest absolute Gasteiger partial charge is 0.271 e. The van der Waals surface area contributed by atoms with Gasteiger partial charge in [0.1, 0.15) is 11.6 Å². The summed E-state index contributed by atoms with van der Waals surface area (Å²) in [4.78, 5) is 15.6. The molecular weight excluding hydrogens is 342 g/mol. The molecule has 0 atom stereocenters. The molecule has 6 nitrogen and oxygen atoms in total. The number of hydrogen-bond acceptors (Lipinski definition) is 4. The van der Waals surface area contributed by atoms with Crippen LogP contribution in [0.25, 0.3) is 22.4 Å². The van der Waals surface area contributed by atoms with Gasteiger partial charge in [-0.05, 0) is 35.9 Å². The van der Waals surface area contributed by atoms with E-state index in [1.165, 1.54) is 6.07 Å². The molecule has 4 rings (SSSR count). The van der Waals surface area contributed by atoms with E-state index in [0.717, 1.165) is 33.7 Å². The number of imidazole rings is 1. The third-order valence-corrected chi connectivity index (χ3v) is 4.47. The summed E-state index contributed by atoms with van der Waals surface area (Å²) in [7, 11) is 1.62. The standard InChI is InChI=1S/C21H17N3O3/c1-27-18-10-7-16(8-11-18)21-22-19-12-9-17(24(25)26)13-20(19)23(21)14-15-5-3-2-4-6-15/h2-13H,14H2,1H3. The summed E-state index contributed by atoms with van der Waals surface area (Å²) >= 11 is 0. The maximum Gasteiger partial charge on any atom is 0.271 e. The van der Waals surface area contributed by atoms with Crippen LogP contribution in [0.2, 0.25) is 0 Å². The second-order valence-corrected chi connectivity index (χ2v) is 6.17. The number of nitro benzene ring substituents is 1. The molecule has 0 N–H and O–H groups in total. The summed E-state index contributed by atoms with van der Waals surface area (Å²) in [6.07, 6.45) is 0. The molecule has 0 amide bonds. The van der Waals surface area contributed by atoms with Crippen LogP contribution in [-0.2, 0) is 6.54 Å². The van der Waals surface area contributed by atoms with Gasteiger partial charge in [-0.3, -0.25) is 10.1 Å². The summed E-state index contributed by atoms with van der Waals surface area (Å²) in [5.74, 6) is 1.53. The van der Waals surface area contributed by atoms with Gasteiger partial charge < -0.3 is 9.30 Å². The van der Waals surface area contributed by atoms with Crippen LogP contribution >= 0.6 is 0 Å². The van der Waals surface area contributed by atoms with Crippen LogP contribution in [0, 0.1) is 10.1 Å². The van der Waals surface area contributed by atoms with Crippen molar-refractivity contribution in [3.63, 3.8) is 0 Å². The lowest BCUT2D eigenvalue weighted by atomic mass is 10.2. The van der Waals surface area contributed by atoms with Crippen LogP contribution in [-0.4, -0.2) is 21.6 Å². The van der Waals surface area contributed by atoms with Crippen LogP contribution in [0.15, 0.2) is 72.8 Å². The molecule has 0 bridgehead atoms. The Hall–Kier alpha value is -3.67. The average Bonchev–Trinajstić information content (AvgIpc) is 3.06. The topological polar surface area (TPSA) is 70.2 Å². The van der Waals surface area contributed by atoms with E-state index in [0.29, 0.717) is 6.54 Å². The number of nitrogens with zero attached hydrogens (tertiary/aromatic N) is 3. The first-order valence-corrected chi connectivity index (χ1v) is 8.49. The van der Waals surface area contributed by atoms with Crippen molar-refractivity contribution in [3.05, 3.63) is 88.5 Å². The van der Waals surface area contributed by atoms with Gasteiger partial charge in [0.2, 0.25) is 0 Å². The van der Waals surface area contributed by atoms with Gasteiger partial charge in [-0.1, -0.05) is 30.3 Å². The molecule has 6 heteroatoms. The third kappa shape index (κ3) is 3.25. The monoisotopic (exact) mass is 359 g/mol. The second kappa shape index (κ2) is 6.92. The Morgan fingerprint density at radius 2 is 1.78 bits per heavy atom. The van der Waals surface area contributed by atoms with Gasteiger partial charge in [0, 0.05) is 24.2 Å². The molecule has 0 aliphatic heterocycles. The van der Waals surface area contributed by atoms with E-state index in [1.807, 2.05) is 59.2 Å². The van der Waals surface area contributed by atoms with Crippen molar-refractivity contribution in [1.29, 1.82) is 0 Å². The zero-order chi connectivity index (χ0) is 18.8. The Kier molecular flexibility index (Phi) is 4.30. The summed E-state index contributed by atoms with van der Waals surface area (Å²) < 4.78 is 7.24. The molecule has 0 aliphatic rings. The fraction of sp³-hybridized carbons (Fsp3) is 0.0952. The minimum atomic E-state index is -0.383. The van der Waals surface area contributed by atoms with E-state index in [9.17, 15) is 10.1 Å². The molecule has 0 radical (unpaired) electrons. The molecule has 0 saturated heterocycles. The molecule has 134 valence electrons. The number of rotatable bonds is 5. The van der Waals surface area contributed by atoms with E-state index in [-0.39, 0.29) is 10.6 Å². The molecule has 27 heavy (non-hydrogen) atoms. The zero-order valence-corrected chi connectivity index (χ0v) is 14.7. The molecule has 0 unspecified atom stereocenters. The number of non-ortho nitro benzene ring substituents is 1. The second-order valence-electron chi connectivity index (χ2n) is 6.17. The molecule has 0 spiro atoms. The summed E-state index contributed by atoms with van der Waals surface area (Å²) in [6, 6.07) is 22.4. The highest BCUT2D eigenvalue weighted by atomic mass is 16.6. The summed E-state index contributed by atoms with van der Waals surface area (Å²) in [6.45, 7) is 0.569. The number of methoxy groups -OCH3 is 1. The molecule has 0 fully saturated rings. The summed E-state index contributed by atoms with van der Waals surface area (Å²) in [5, 5.41) is 11.2. The van der Waals surface area contributed by atoms with Crippen LogP contribution in [0.3, 0.4) is 0 Å². The number of fused-ring (bicyclic) bond motifs is 1. The number of hydrogen-bond donors (Lipinski definition) is 0. The van der Waals surface area contributed by atoms with E-state index in [1.54, 1.807) is 19.2 Å². The Bertz CT molecular complexity index is 1100. The Labute approximate surface area is 155 Å². The van der Waals surface area contributed by atoms with Crippen molar-refractivity contribution >= 4 is 16.7 Å². The lowest BCUT2D eigenvalue weighted by Crippen LogP contribution is -2.02. The fourth-order valence-corrected chi connectivity index (χ4v) is 3.11. The number of aromatic nitrogens is 2. The maximum atomic E-state index is 11.2. The fourth-order valence-electron chi connectivity index (χ4n) is 3.11. The Morgan fingerprint density at radius 1 is 1.04 bits per heavy atom. The van der Waals surface area contributed by atoms with Crippen molar-refractivity contribution in [2.45, 2.75) is 6.54 Å². The predicted molar refractivity (Wildman–Crippen MR) is 104 cm³/mol. The minimum absolute atomic E-state index is 0.0537. The van der Waals surface area contributed by atoms with Gasteiger partial charge in [0.05, 0.1) is 23.1 Å². The Morgan fingerprint density at radius 3 is 2.44 bits per heavy atom. The molecule has 1 aromatic heterocycles. The van der Waals surface area contributed by atoms with Gasteiger partial charge in [0.15, 0.2) is 0 Å².